The van der Waals surface area contributed by atoms with Gasteiger partial charge in [-0.3, -0.25) is 0 Å². The summed E-state index contributed by atoms with van der Waals surface area (Å²) in [5.74, 6) is 0.804. The average Bonchev–Trinajstić information content (AvgIpc) is 2.29. The van der Waals surface area contributed by atoms with Crippen LogP contribution in [0.2, 0.25) is 0 Å². The Bertz CT molecular complexity index is 167. The zero-order valence-corrected chi connectivity index (χ0v) is 12.0. The topological polar surface area (TPSA) is 0 Å². The van der Waals surface area contributed by atoms with E-state index >= 15 is 0 Å². The molecule has 0 heterocycles. The van der Waals surface area contributed by atoms with E-state index in [0.717, 1.165) is 5.92 Å². The molecule has 0 nitrogen and oxygen atoms in total. The molecule has 0 rings (SSSR count). The van der Waals surface area contributed by atoms with Crippen LogP contribution in [-0.4, -0.2) is 0 Å². The van der Waals surface area contributed by atoms with Crippen LogP contribution in [0.1, 0.15) is 85.5 Å². The predicted molar refractivity (Wildman–Crippen MR) is 75.8 cm³/mol. The largest absolute Gasteiger partial charge is 0.0853 e. The fourth-order valence-corrected chi connectivity index (χ4v) is 2.03. The molecule has 0 saturated heterocycles. The molecule has 0 heteroatoms. The van der Waals surface area contributed by atoms with Crippen LogP contribution in [0.3, 0.4) is 0 Å². The van der Waals surface area contributed by atoms with E-state index in [2.05, 4.69) is 33.8 Å². The third kappa shape index (κ3) is 9.00. The second-order valence-electron chi connectivity index (χ2n) is 5.19. The van der Waals surface area contributed by atoms with E-state index in [0.29, 0.717) is 0 Å². The minimum absolute atomic E-state index is 0.804. The zero-order chi connectivity index (χ0) is 12.2. The lowest BCUT2D eigenvalue weighted by Gasteiger charge is -2.12. The van der Waals surface area contributed by atoms with E-state index in [4.69, 9.17) is 0 Å². The van der Waals surface area contributed by atoms with Gasteiger partial charge < -0.3 is 0 Å². The Kier molecular flexibility index (Phi) is 11.0. The lowest BCUT2D eigenvalue weighted by atomic mass is 9.94. The number of hydrogen-bond donors (Lipinski definition) is 0. The van der Waals surface area contributed by atoms with Crippen molar-refractivity contribution in [3.8, 4) is 0 Å². The van der Waals surface area contributed by atoms with E-state index in [1.165, 1.54) is 57.8 Å². The summed E-state index contributed by atoms with van der Waals surface area (Å²) < 4.78 is 0. The molecule has 0 saturated carbocycles. The van der Waals surface area contributed by atoms with Crippen molar-refractivity contribution in [3.63, 3.8) is 0 Å². The SMILES string of the molecule is CCCCC/C=C(\C)C(C)CCCCCC. The van der Waals surface area contributed by atoms with Gasteiger partial charge in [-0.05, 0) is 32.1 Å². The van der Waals surface area contributed by atoms with Gasteiger partial charge in [-0.1, -0.05) is 70.9 Å². The summed E-state index contributed by atoms with van der Waals surface area (Å²) in [7, 11) is 0. The Balaban J connectivity index is 3.58. The molecule has 0 radical (unpaired) electrons. The molecule has 0 amide bonds. The van der Waals surface area contributed by atoms with E-state index < -0.39 is 0 Å². The first-order chi connectivity index (χ1) is 7.72. The Morgan fingerprint density at radius 2 is 1.56 bits per heavy atom. The standard InChI is InChI=1S/C16H32/c1-5-7-9-11-13-15(3)16(4)14-12-10-8-6-2/h13,16H,5-12,14H2,1-4H3/b15-13+. The molecular weight excluding hydrogens is 192 g/mol. The maximum atomic E-state index is 2.47. The van der Waals surface area contributed by atoms with Crippen molar-refractivity contribution in [2.24, 2.45) is 5.92 Å². The summed E-state index contributed by atoms with van der Waals surface area (Å²) in [6.07, 6.45) is 14.8. The van der Waals surface area contributed by atoms with E-state index in [1.807, 2.05) is 0 Å². The van der Waals surface area contributed by atoms with Gasteiger partial charge in [0.05, 0.1) is 0 Å². The quantitative estimate of drug-likeness (QED) is 0.310. The third-order valence-corrected chi connectivity index (χ3v) is 3.54. The fourth-order valence-electron chi connectivity index (χ4n) is 2.03. The summed E-state index contributed by atoms with van der Waals surface area (Å²) in [6, 6.07) is 0. The predicted octanol–water partition coefficient (Wildman–Crippen LogP) is 6.12. The minimum atomic E-state index is 0.804. The maximum absolute atomic E-state index is 2.47. The van der Waals surface area contributed by atoms with Crippen LogP contribution < -0.4 is 0 Å². The van der Waals surface area contributed by atoms with Crippen molar-refractivity contribution in [3.05, 3.63) is 11.6 Å². The second-order valence-corrected chi connectivity index (χ2v) is 5.19. The molecule has 0 fully saturated rings. The van der Waals surface area contributed by atoms with Gasteiger partial charge in [0.15, 0.2) is 0 Å². The average molecular weight is 224 g/mol. The van der Waals surface area contributed by atoms with E-state index in [-0.39, 0.29) is 0 Å². The molecule has 1 atom stereocenters. The fraction of sp³-hybridized carbons (Fsp3) is 0.875. The monoisotopic (exact) mass is 224 g/mol. The Hall–Kier alpha value is -0.260. The second kappa shape index (κ2) is 11.2. The van der Waals surface area contributed by atoms with Gasteiger partial charge in [-0.15, -0.1) is 0 Å². The molecule has 0 N–H and O–H groups in total. The summed E-state index contributed by atoms with van der Waals surface area (Å²) in [4.78, 5) is 0. The van der Waals surface area contributed by atoms with Crippen molar-refractivity contribution in [2.75, 3.05) is 0 Å². The van der Waals surface area contributed by atoms with Crippen LogP contribution >= 0.6 is 0 Å². The molecule has 0 aromatic heterocycles. The first-order valence-electron chi connectivity index (χ1n) is 7.39. The van der Waals surface area contributed by atoms with Crippen LogP contribution in [0.4, 0.5) is 0 Å². The lowest BCUT2D eigenvalue weighted by Crippen LogP contribution is -1.96. The van der Waals surface area contributed by atoms with Gasteiger partial charge in [0.25, 0.3) is 0 Å². The van der Waals surface area contributed by atoms with Gasteiger partial charge in [0, 0.05) is 0 Å². The summed E-state index contributed by atoms with van der Waals surface area (Å²) in [6.45, 7) is 9.25. The first-order valence-corrected chi connectivity index (χ1v) is 7.39. The highest BCUT2D eigenvalue weighted by Gasteiger charge is 2.03. The lowest BCUT2D eigenvalue weighted by molar-refractivity contribution is 0.540. The van der Waals surface area contributed by atoms with Crippen LogP contribution in [0.15, 0.2) is 11.6 Å². The van der Waals surface area contributed by atoms with Crippen LogP contribution in [-0.2, 0) is 0 Å². The number of hydrogen-bond acceptors (Lipinski definition) is 0. The van der Waals surface area contributed by atoms with Gasteiger partial charge in [-0.25, -0.2) is 0 Å². The Morgan fingerprint density at radius 3 is 2.19 bits per heavy atom. The van der Waals surface area contributed by atoms with E-state index in [1.54, 1.807) is 5.57 Å². The van der Waals surface area contributed by atoms with Gasteiger partial charge in [0.2, 0.25) is 0 Å². The first kappa shape index (κ1) is 15.7. The van der Waals surface area contributed by atoms with Gasteiger partial charge in [0.1, 0.15) is 0 Å². The van der Waals surface area contributed by atoms with Crippen LogP contribution in [0.25, 0.3) is 0 Å². The molecule has 0 spiro atoms. The molecule has 96 valence electrons. The van der Waals surface area contributed by atoms with Crippen molar-refractivity contribution >= 4 is 0 Å². The molecule has 1 unspecified atom stereocenters. The van der Waals surface area contributed by atoms with Crippen LogP contribution in [0, 0.1) is 5.92 Å². The van der Waals surface area contributed by atoms with Crippen molar-refractivity contribution in [2.45, 2.75) is 85.5 Å². The molecule has 0 aromatic rings. The molecule has 0 aliphatic carbocycles. The summed E-state index contributed by atoms with van der Waals surface area (Å²) in [5, 5.41) is 0. The summed E-state index contributed by atoms with van der Waals surface area (Å²) >= 11 is 0. The highest BCUT2D eigenvalue weighted by atomic mass is 14.1. The van der Waals surface area contributed by atoms with Crippen molar-refractivity contribution in [1.82, 2.24) is 0 Å². The number of rotatable bonds is 10. The van der Waals surface area contributed by atoms with Crippen molar-refractivity contribution in [1.29, 1.82) is 0 Å². The van der Waals surface area contributed by atoms with Gasteiger partial charge in [-0.2, -0.15) is 0 Å². The van der Waals surface area contributed by atoms with Crippen LogP contribution in [0.5, 0.6) is 0 Å². The number of unbranched alkanes of at least 4 members (excludes halogenated alkanes) is 6. The Labute approximate surface area is 104 Å². The maximum Gasteiger partial charge on any atom is -0.0234 e. The van der Waals surface area contributed by atoms with E-state index in [9.17, 15) is 0 Å². The molecule has 0 aliphatic rings. The third-order valence-electron chi connectivity index (χ3n) is 3.54. The Morgan fingerprint density at radius 1 is 0.938 bits per heavy atom. The molecular formula is C16H32. The summed E-state index contributed by atoms with van der Waals surface area (Å²) in [5.41, 5.74) is 1.62. The van der Waals surface area contributed by atoms with Gasteiger partial charge >= 0.3 is 0 Å². The zero-order valence-electron chi connectivity index (χ0n) is 12.0. The molecule has 0 aromatic carbocycles. The molecule has 0 aliphatic heterocycles. The highest BCUT2D eigenvalue weighted by Crippen LogP contribution is 2.19. The highest BCUT2D eigenvalue weighted by molar-refractivity contribution is 5.01. The smallest absolute Gasteiger partial charge is 0.0234 e. The normalized spacial score (nSPS) is 14.1. The minimum Gasteiger partial charge on any atom is -0.0853 e. The number of allylic oxidation sites excluding steroid dienone is 2. The molecule has 0 bridgehead atoms. The molecule has 16 heavy (non-hydrogen) atoms. The van der Waals surface area contributed by atoms with Crippen molar-refractivity contribution < 1.29 is 0 Å².